The molecule has 0 radical (unpaired) electrons. The fourth-order valence-electron chi connectivity index (χ4n) is 12.4. The van der Waals surface area contributed by atoms with E-state index < -0.39 is 157 Å². The number of aliphatic imine (C=N–C) groups is 1. The molecule has 10 atom stereocenters. The van der Waals surface area contributed by atoms with E-state index in [1.54, 1.807) is 36.4 Å². The van der Waals surface area contributed by atoms with Gasteiger partial charge in [0.1, 0.15) is 60.4 Å². The summed E-state index contributed by atoms with van der Waals surface area (Å²) in [6, 6.07) is 16.7. The minimum atomic E-state index is -2.03. The molecule has 17 N–H and O–H groups in total. The van der Waals surface area contributed by atoms with Crippen molar-refractivity contribution in [3.05, 3.63) is 131 Å². The molecule has 0 aliphatic carbocycles. The maximum absolute atomic E-state index is 15.2. The zero-order valence-electron chi connectivity index (χ0n) is 56.6. The normalized spacial score (nSPS) is 22.4. The predicted octanol–water partition coefficient (Wildman–Crippen LogP) is -0.157. The van der Waals surface area contributed by atoms with Gasteiger partial charge in [-0.15, -0.1) is 0 Å². The summed E-state index contributed by atoms with van der Waals surface area (Å²) >= 11 is 6.26. The molecule has 5 aromatic carbocycles. The third-order valence-corrected chi connectivity index (χ3v) is 17.9. The fraction of sp³-hybridized carbons (Fsp3) is 0.437. The van der Waals surface area contributed by atoms with Crippen molar-refractivity contribution in [2.75, 3.05) is 26.2 Å². The Labute approximate surface area is 588 Å². The maximum atomic E-state index is 15.2. The molecule has 9 rings (SSSR count). The van der Waals surface area contributed by atoms with Crippen molar-refractivity contribution in [2.24, 2.45) is 28.1 Å². The van der Waals surface area contributed by atoms with E-state index >= 15 is 24.0 Å². The first kappa shape index (κ1) is 76.1. The number of carbonyl (C=O) groups is 13. The van der Waals surface area contributed by atoms with E-state index in [1.807, 2.05) is 86.6 Å². The first-order valence-electron chi connectivity index (χ1n) is 33.9. The number of nitrogens with one attached hydrogen (secondary N) is 11. The molecule has 0 saturated carbocycles. The number of benzene rings is 5. The molecule has 13 amide bonds. The van der Waals surface area contributed by atoms with Gasteiger partial charge in [-0.1, -0.05) is 123 Å². The van der Waals surface area contributed by atoms with Gasteiger partial charge in [0.25, 0.3) is 0 Å². The van der Waals surface area contributed by atoms with Crippen molar-refractivity contribution < 1.29 is 62.3 Å². The van der Waals surface area contributed by atoms with Gasteiger partial charge in [0.2, 0.25) is 76.8 Å². The summed E-state index contributed by atoms with van der Waals surface area (Å²) in [4.78, 5) is 194. The molecule has 4 aliphatic heterocycles. The van der Waals surface area contributed by atoms with Crippen LogP contribution in [0.3, 0.4) is 0 Å². The van der Waals surface area contributed by atoms with Crippen LogP contribution in [0, 0.1) is 5.92 Å². The Hall–Kier alpha value is -10.7. The second-order valence-corrected chi connectivity index (χ2v) is 26.5. The van der Waals surface area contributed by atoms with Crippen LogP contribution in [0.2, 0.25) is 5.02 Å². The summed E-state index contributed by atoms with van der Waals surface area (Å²) in [5.74, 6) is -12.6. The second kappa shape index (κ2) is 36.4. The Kier molecular flexibility index (Phi) is 27.4. The number of nitrogens with two attached hydrogens (primary N) is 3. The fourth-order valence-corrected chi connectivity index (χ4v) is 12.5. The molecule has 29 nitrogen and oxygen atoms in total. The van der Waals surface area contributed by atoms with Gasteiger partial charge < -0.3 is 80.6 Å². The Morgan fingerprint density at radius 2 is 1.17 bits per heavy atom. The first-order valence-corrected chi connectivity index (χ1v) is 34.2. The lowest BCUT2D eigenvalue weighted by Crippen LogP contribution is -2.61. The van der Waals surface area contributed by atoms with Crippen LogP contribution in [0.1, 0.15) is 102 Å². The largest absolute Gasteiger partial charge is 0.370 e. The topological polar surface area (TPSA) is 448 Å². The number of fused-ring (bicyclic) bond motifs is 27. The standard InChI is InChI=1S/C71H89ClN16O13/c1-39(2)30-51-63(94)81-50-16-8-9-27-76-59(90)36-55(85-65(96)53(33-41-21-25-48(72)26-22-41)84-64(95)52(79-40(3)89)34-42-19-23-44-12-4-6-14-46(44)31-42)68(99)86-56(37-60(91)78-38-57(61(73)92)87-69(100)58-18-11-29-88(58)70(50)101)67(98)80-49(17-10-28-77-71(74)75)62(93)83-54(66(97)82-51)35-43-20-24-45-13-5-7-15-47(45)32-43/h4-7,12-15,19-26,31-32,39,49-58H,8-11,16-18,27-30,33-38H2,1-3H3,(H2,73,92)(H,76,90)(H,78,91)(H,79,89)(H,80,98)(H,81,94)(H,82,97)(H,83,93)(H,84,95)(H,85,96)(H,86,99)(H,87,100)(H4,74,75,77)/t49-,50+,51-,52+,53-,54-,55-,56+,57-,58-/m0/s1. The smallest absolute Gasteiger partial charge is 0.245 e. The Balaban J connectivity index is 1.21. The SMILES string of the molecule is CC(=O)N[C@H](Cc1ccc2ccccc2c1)C(=O)N[C@@H](Cc1ccc(Cl)cc1)C(=O)N[C@H]1CC(=O)NCCCC[C@H]2NC(=O)[C@H](CC(C)C)NC(=O)[C@H](Cc3ccc4ccccc4c3)NC(=O)[C@H](CCCN=C(N)N)NC(=O)[C@@H](CC(=O)NC[C@@H](C(N)=O)NC(=O)[C@@H]3CCCN3C2=O)NC1=O. The van der Waals surface area contributed by atoms with Crippen molar-refractivity contribution in [2.45, 2.75) is 165 Å². The van der Waals surface area contributed by atoms with Crippen molar-refractivity contribution in [1.82, 2.24) is 63.4 Å². The highest BCUT2D eigenvalue weighted by Crippen LogP contribution is 2.23. The third kappa shape index (κ3) is 22.7. The van der Waals surface area contributed by atoms with E-state index in [0.717, 1.165) is 21.5 Å². The second-order valence-electron chi connectivity index (χ2n) is 26.1. The predicted molar refractivity (Wildman–Crippen MR) is 376 cm³/mol. The number of hydrogen-bond acceptors (Lipinski definition) is 14. The highest BCUT2D eigenvalue weighted by Gasteiger charge is 2.41. The molecule has 538 valence electrons. The van der Waals surface area contributed by atoms with Crippen LogP contribution in [0.25, 0.3) is 21.5 Å². The van der Waals surface area contributed by atoms with Gasteiger partial charge in [0.15, 0.2) is 5.96 Å². The minimum Gasteiger partial charge on any atom is -0.370 e. The zero-order chi connectivity index (χ0) is 72.9. The van der Waals surface area contributed by atoms with Gasteiger partial charge in [-0.25, -0.2) is 0 Å². The number of hydrogen-bond donors (Lipinski definition) is 14. The molecular weight excluding hydrogens is 1320 g/mol. The van der Waals surface area contributed by atoms with Crippen molar-refractivity contribution >= 4 is 116 Å². The summed E-state index contributed by atoms with van der Waals surface area (Å²) < 4.78 is 0. The molecule has 4 fully saturated rings. The van der Waals surface area contributed by atoms with E-state index in [9.17, 15) is 38.4 Å². The number of nitrogens with zero attached hydrogens (tertiary/aromatic N) is 2. The maximum Gasteiger partial charge on any atom is 0.245 e. The van der Waals surface area contributed by atoms with Crippen LogP contribution in [-0.2, 0) is 81.6 Å². The van der Waals surface area contributed by atoms with Gasteiger partial charge in [0, 0.05) is 57.4 Å². The minimum absolute atomic E-state index is 0.00368. The molecule has 0 unspecified atom stereocenters. The van der Waals surface area contributed by atoms with Crippen LogP contribution < -0.4 is 75.7 Å². The van der Waals surface area contributed by atoms with Gasteiger partial charge in [-0.05, 0) is 108 Å². The van der Waals surface area contributed by atoms with Crippen LogP contribution in [-0.4, -0.2) is 174 Å². The summed E-state index contributed by atoms with van der Waals surface area (Å²) in [6.07, 6.45) is -1.94. The Morgan fingerprint density at radius 3 is 1.83 bits per heavy atom. The lowest BCUT2D eigenvalue weighted by atomic mass is 9.98. The van der Waals surface area contributed by atoms with E-state index in [4.69, 9.17) is 28.8 Å². The first-order chi connectivity index (χ1) is 48.3. The lowest BCUT2D eigenvalue weighted by molar-refractivity contribution is -0.142. The summed E-state index contributed by atoms with van der Waals surface area (Å²) in [6.45, 7) is 3.99. The van der Waals surface area contributed by atoms with Crippen LogP contribution in [0.4, 0.5) is 0 Å². The highest BCUT2D eigenvalue weighted by atomic mass is 35.5. The van der Waals surface area contributed by atoms with Gasteiger partial charge in [0.05, 0.1) is 12.8 Å². The molecular formula is C71H89ClN16O13. The van der Waals surface area contributed by atoms with Crippen LogP contribution >= 0.6 is 11.6 Å². The number of halogens is 1. The number of amides is 13. The average Bonchev–Trinajstić information content (AvgIpc) is 1.75. The number of guanidine groups is 1. The Bertz CT molecular complexity index is 3920. The lowest BCUT2D eigenvalue weighted by Gasteiger charge is -2.31. The van der Waals surface area contributed by atoms with E-state index in [0.29, 0.717) is 28.1 Å². The quantitative estimate of drug-likeness (QED) is 0.0235. The number of primary amides is 1. The molecule has 4 aliphatic rings. The molecule has 30 heteroatoms. The molecule has 4 saturated heterocycles. The molecule has 0 aromatic heterocycles. The van der Waals surface area contributed by atoms with Crippen molar-refractivity contribution in [3.8, 4) is 0 Å². The third-order valence-electron chi connectivity index (χ3n) is 17.6. The molecule has 2 bridgehead atoms. The summed E-state index contributed by atoms with van der Waals surface area (Å²) in [5, 5.41) is 33.0. The number of carbonyl (C=O) groups excluding carboxylic acids is 13. The summed E-state index contributed by atoms with van der Waals surface area (Å²) in [7, 11) is 0. The average molecular weight is 1410 g/mol. The highest BCUT2D eigenvalue weighted by molar-refractivity contribution is 6.30. The van der Waals surface area contributed by atoms with Crippen molar-refractivity contribution in [1.29, 1.82) is 0 Å². The van der Waals surface area contributed by atoms with Crippen molar-refractivity contribution in [3.63, 3.8) is 0 Å². The molecule has 101 heavy (non-hydrogen) atoms. The monoisotopic (exact) mass is 1410 g/mol. The Morgan fingerprint density at radius 1 is 0.584 bits per heavy atom. The zero-order valence-corrected chi connectivity index (χ0v) is 57.3. The van der Waals surface area contributed by atoms with E-state index in [1.165, 1.54) is 11.8 Å². The van der Waals surface area contributed by atoms with Gasteiger partial charge in [-0.2, -0.15) is 0 Å². The van der Waals surface area contributed by atoms with Gasteiger partial charge in [-0.3, -0.25) is 67.3 Å². The van der Waals surface area contributed by atoms with E-state index in [-0.39, 0.29) is 95.7 Å². The number of rotatable bonds is 18. The van der Waals surface area contributed by atoms with E-state index in [2.05, 4.69) is 63.5 Å². The van der Waals surface area contributed by atoms with Crippen LogP contribution in [0.5, 0.6) is 0 Å². The van der Waals surface area contributed by atoms with Gasteiger partial charge >= 0.3 is 0 Å². The molecule has 4 heterocycles. The van der Waals surface area contributed by atoms with Crippen LogP contribution in [0.15, 0.2) is 114 Å². The molecule has 0 spiro atoms. The summed E-state index contributed by atoms with van der Waals surface area (Å²) in [5.41, 5.74) is 18.8. The molecule has 5 aromatic rings.